The van der Waals surface area contributed by atoms with Gasteiger partial charge in [-0.3, -0.25) is 4.79 Å². The monoisotopic (exact) mass is 281 g/mol. The average Bonchev–Trinajstić information content (AvgIpc) is 2.88. The van der Waals surface area contributed by atoms with Crippen molar-refractivity contribution in [1.29, 1.82) is 0 Å². The van der Waals surface area contributed by atoms with E-state index in [1.165, 1.54) is 6.07 Å². The molecule has 0 fully saturated rings. The Labute approximate surface area is 111 Å². The Morgan fingerprint density at radius 2 is 2.00 bits per heavy atom. The Morgan fingerprint density at radius 1 is 1.21 bits per heavy atom. The quantitative estimate of drug-likeness (QED) is 0.916. The minimum atomic E-state index is -0.990. The fraction of sp³-hybridized carbons (Fsp3) is 0.154. The molecule has 0 spiro atoms. The van der Waals surface area contributed by atoms with Crippen molar-refractivity contribution in [3.63, 3.8) is 0 Å². The maximum Gasteiger partial charge on any atom is 0.204 e. The van der Waals surface area contributed by atoms with Crippen LogP contribution in [0.2, 0.25) is 0 Å². The Kier molecular flexibility index (Phi) is 2.74. The maximum absolute atomic E-state index is 13.1. The molecule has 0 amide bonds. The fourth-order valence-electron chi connectivity index (χ4n) is 2.00. The van der Waals surface area contributed by atoms with E-state index in [2.05, 4.69) is 0 Å². The predicted molar refractivity (Wildman–Crippen MR) is 67.8 cm³/mol. The number of carbonyl (C=O) groups excluding carboxylic acids is 1. The first-order chi connectivity index (χ1) is 9.06. The van der Waals surface area contributed by atoms with Gasteiger partial charge in [0, 0.05) is 18.1 Å². The zero-order valence-corrected chi connectivity index (χ0v) is 10.5. The van der Waals surface area contributed by atoms with E-state index >= 15 is 0 Å². The topological polar surface area (TPSA) is 52.3 Å². The number of anilines is 1. The van der Waals surface area contributed by atoms with Crippen LogP contribution in [-0.4, -0.2) is 5.78 Å². The molecule has 98 valence electrons. The van der Waals surface area contributed by atoms with Gasteiger partial charge in [-0.15, -0.1) is 0 Å². The molecule has 0 aliphatic heterocycles. The lowest BCUT2D eigenvalue weighted by atomic mass is 10.2. The van der Waals surface area contributed by atoms with Crippen molar-refractivity contribution in [2.45, 2.75) is 12.8 Å². The van der Waals surface area contributed by atoms with Gasteiger partial charge in [0.1, 0.15) is 5.75 Å². The van der Waals surface area contributed by atoms with Crippen LogP contribution in [0.4, 0.5) is 14.5 Å². The lowest BCUT2D eigenvalue weighted by molar-refractivity contribution is 0.0998. The second-order valence-electron chi connectivity index (χ2n) is 4.21. The van der Waals surface area contributed by atoms with Crippen LogP contribution in [-0.2, 0) is 6.42 Å². The number of Topliss-reactive ketones (excluding diaryl/α,β-unsaturated/α-hetero) is 1. The number of ketones is 1. The van der Waals surface area contributed by atoms with Gasteiger partial charge in [0.2, 0.25) is 5.06 Å². The van der Waals surface area contributed by atoms with Gasteiger partial charge in [-0.2, -0.15) is 0 Å². The molecule has 0 saturated carbocycles. The van der Waals surface area contributed by atoms with Crippen LogP contribution in [0.25, 0.3) is 0 Å². The number of hydrogen-bond donors (Lipinski definition) is 1. The molecule has 6 heteroatoms. The zero-order valence-electron chi connectivity index (χ0n) is 9.70. The van der Waals surface area contributed by atoms with Gasteiger partial charge < -0.3 is 10.5 Å². The molecule has 3 nitrogen and oxygen atoms in total. The number of halogens is 2. The summed E-state index contributed by atoms with van der Waals surface area (Å²) in [6.07, 6.45) is 1.08. The highest BCUT2D eigenvalue weighted by Gasteiger charge is 2.27. The lowest BCUT2D eigenvalue weighted by Gasteiger charge is -2.05. The van der Waals surface area contributed by atoms with Crippen molar-refractivity contribution in [3.8, 4) is 10.8 Å². The second kappa shape index (κ2) is 4.31. The molecule has 1 aliphatic carbocycles. The van der Waals surface area contributed by atoms with Crippen LogP contribution in [0.15, 0.2) is 18.2 Å². The van der Waals surface area contributed by atoms with Crippen molar-refractivity contribution in [2.75, 3.05) is 5.73 Å². The van der Waals surface area contributed by atoms with Crippen LogP contribution in [0.3, 0.4) is 0 Å². The molecular weight excluding hydrogens is 272 g/mol. The number of nitrogen functional groups attached to an aromatic ring is 1. The normalized spacial score (nSPS) is 13.7. The number of carbonyl (C=O) groups is 1. The molecule has 2 N–H and O–H groups in total. The van der Waals surface area contributed by atoms with Crippen molar-refractivity contribution in [1.82, 2.24) is 0 Å². The van der Waals surface area contributed by atoms with E-state index in [4.69, 9.17) is 10.5 Å². The lowest BCUT2D eigenvalue weighted by Crippen LogP contribution is -1.92. The molecule has 1 aromatic heterocycles. The number of rotatable bonds is 2. The first-order valence-corrected chi connectivity index (χ1v) is 6.45. The van der Waals surface area contributed by atoms with E-state index in [-0.39, 0.29) is 11.5 Å². The van der Waals surface area contributed by atoms with Gasteiger partial charge in [-0.05, 0) is 18.6 Å². The summed E-state index contributed by atoms with van der Waals surface area (Å²) >= 11 is 1.15. The molecule has 2 aromatic rings. The zero-order chi connectivity index (χ0) is 13.6. The van der Waals surface area contributed by atoms with Crippen LogP contribution in [0, 0.1) is 11.6 Å². The Balaban J connectivity index is 1.94. The summed E-state index contributed by atoms with van der Waals surface area (Å²) in [5.41, 5.74) is 7.11. The summed E-state index contributed by atoms with van der Waals surface area (Å²) in [5, 5.41) is 0.351. The van der Waals surface area contributed by atoms with E-state index in [1.54, 1.807) is 0 Å². The third-order valence-electron chi connectivity index (χ3n) is 2.97. The van der Waals surface area contributed by atoms with Crippen molar-refractivity contribution in [3.05, 3.63) is 40.3 Å². The Bertz CT molecular complexity index is 682. The third-order valence-corrected chi connectivity index (χ3v) is 4.14. The average molecular weight is 281 g/mol. The highest BCUT2D eigenvalue weighted by atomic mass is 32.1. The van der Waals surface area contributed by atoms with Gasteiger partial charge in [0.25, 0.3) is 0 Å². The minimum absolute atomic E-state index is 0.0480. The summed E-state index contributed by atoms with van der Waals surface area (Å²) < 4.78 is 31.3. The molecule has 19 heavy (non-hydrogen) atoms. The number of hydrogen-bond acceptors (Lipinski definition) is 4. The summed E-state index contributed by atoms with van der Waals surface area (Å²) in [6.45, 7) is 0. The predicted octanol–water partition coefficient (Wildman–Crippen LogP) is 3.53. The van der Waals surface area contributed by atoms with Gasteiger partial charge in [0.05, 0.1) is 10.6 Å². The number of benzene rings is 1. The molecular formula is C13H9F2NO2S. The van der Waals surface area contributed by atoms with Crippen LogP contribution < -0.4 is 10.5 Å². The van der Waals surface area contributed by atoms with E-state index in [1.807, 2.05) is 0 Å². The molecule has 0 bridgehead atoms. The maximum atomic E-state index is 13.1. The van der Waals surface area contributed by atoms with Crippen LogP contribution >= 0.6 is 11.3 Å². The SMILES string of the molecule is Nc1c(Oc2ccc(F)c(F)c2)sc2c1CCC2=O. The molecule has 1 aliphatic rings. The molecule has 0 radical (unpaired) electrons. The fourth-order valence-corrected chi connectivity index (χ4v) is 3.11. The molecule has 0 atom stereocenters. The van der Waals surface area contributed by atoms with Crippen LogP contribution in [0.5, 0.6) is 10.8 Å². The highest BCUT2D eigenvalue weighted by Crippen LogP contribution is 2.44. The first-order valence-electron chi connectivity index (χ1n) is 5.63. The number of fused-ring (bicyclic) bond motifs is 1. The number of thiophene rings is 1. The Hall–Kier alpha value is -1.95. The largest absolute Gasteiger partial charge is 0.444 e. The van der Waals surface area contributed by atoms with E-state index in [0.29, 0.717) is 28.5 Å². The van der Waals surface area contributed by atoms with Gasteiger partial charge >= 0.3 is 0 Å². The number of nitrogens with two attached hydrogens (primary N) is 1. The van der Waals surface area contributed by atoms with E-state index < -0.39 is 11.6 Å². The molecule has 0 unspecified atom stereocenters. The highest BCUT2D eigenvalue weighted by molar-refractivity contribution is 7.16. The van der Waals surface area contributed by atoms with Gasteiger partial charge in [0.15, 0.2) is 17.4 Å². The third kappa shape index (κ3) is 1.98. The second-order valence-corrected chi connectivity index (χ2v) is 5.20. The van der Waals surface area contributed by atoms with Crippen molar-refractivity contribution >= 4 is 22.8 Å². The smallest absolute Gasteiger partial charge is 0.204 e. The molecule has 1 heterocycles. The summed E-state index contributed by atoms with van der Waals surface area (Å²) in [7, 11) is 0. The molecule has 0 saturated heterocycles. The first kappa shape index (κ1) is 12.1. The van der Waals surface area contributed by atoms with E-state index in [9.17, 15) is 13.6 Å². The minimum Gasteiger partial charge on any atom is -0.444 e. The molecule has 3 rings (SSSR count). The Morgan fingerprint density at radius 3 is 2.68 bits per heavy atom. The standard InChI is InChI=1S/C13H9F2NO2S/c14-8-3-1-6(5-9(8)15)18-13-11(16)7-2-4-10(17)12(7)19-13/h1,3,5H,2,4,16H2. The summed E-state index contributed by atoms with van der Waals surface area (Å²) in [4.78, 5) is 12.2. The summed E-state index contributed by atoms with van der Waals surface area (Å²) in [5.74, 6) is -1.73. The van der Waals surface area contributed by atoms with Crippen molar-refractivity contribution < 1.29 is 18.3 Å². The number of ether oxygens (including phenoxy) is 1. The van der Waals surface area contributed by atoms with Crippen molar-refractivity contribution in [2.24, 2.45) is 0 Å². The van der Waals surface area contributed by atoms with E-state index in [0.717, 1.165) is 29.0 Å². The van der Waals surface area contributed by atoms with Crippen LogP contribution in [0.1, 0.15) is 21.7 Å². The summed E-state index contributed by atoms with van der Waals surface area (Å²) in [6, 6.07) is 3.24. The van der Waals surface area contributed by atoms with Gasteiger partial charge in [-0.25, -0.2) is 8.78 Å². The molecule has 1 aromatic carbocycles. The van der Waals surface area contributed by atoms with Gasteiger partial charge in [-0.1, -0.05) is 11.3 Å².